The van der Waals surface area contributed by atoms with Crippen LogP contribution in [0.15, 0.2) is 36.9 Å². The first-order valence-electron chi connectivity index (χ1n) is 8.26. The number of ether oxygens (including phenoxy) is 1. The number of allylic oxidation sites excluding steroid dienone is 1. The molecule has 0 fully saturated rings. The number of hydrogen-bond donors (Lipinski definition) is 1. The summed E-state index contributed by atoms with van der Waals surface area (Å²) in [5, 5.41) is 3.48. The first-order chi connectivity index (χ1) is 10.2. The number of unbranched alkanes of at least 4 members (excludes halogenated alkanes) is 3. The standard InChI is InChI=1S/C19H31NO/c1-4-11-18-12-7-8-13-19(18)21-15-10-6-5-9-14-20-16-17(2)3/h4,7-8,12-13,17,20H,1,5-6,9-11,14-16H2,2-3H3. The summed E-state index contributed by atoms with van der Waals surface area (Å²) in [4.78, 5) is 0. The molecule has 21 heavy (non-hydrogen) atoms. The molecule has 1 N–H and O–H groups in total. The van der Waals surface area contributed by atoms with Crippen LogP contribution in [0.3, 0.4) is 0 Å². The minimum absolute atomic E-state index is 0.744. The van der Waals surface area contributed by atoms with Crippen molar-refractivity contribution in [3.8, 4) is 5.75 Å². The minimum Gasteiger partial charge on any atom is -0.493 e. The van der Waals surface area contributed by atoms with Gasteiger partial charge < -0.3 is 10.1 Å². The van der Waals surface area contributed by atoms with Crippen LogP contribution in [0, 0.1) is 5.92 Å². The molecular formula is C19H31NO. The molecule has 0 amide bonds. The lowest BCUT2D eigenvalue weighted by molar-refractivity contribution is 0.302. The molecule has 118 valence electrons. The Balaban J connectivity index is 2.05. The van der Waals surface area contributed by atoms with Crippen LogP contribution >= 0.6 is 0 Å². The predicted octanol–water partition coefficient (Wildman–Crippen LogP) is 4.60. The van der Waals surface area contributed by atoms with Crippen molar-refractivity contribution in [1.29, 1.82) is 0 Å². The van der Waals surface area contributed by atoms with Gasteiger partial charge in [0.15, 0.2) is 0 Å². The third-order valence-electron chi connectivity index (χ3n) is 3.39. The fourth-order valence-electron chi connectivity index (χ4n) is 2.25. The number of hydrogen-bond acceptors (Lipinski definition) is 2. The number of para-hydroxylation sites is 1. The Morgan fingerprint density at radius 2 is 1.90 bits per heavy atom. The van der Waals surface area contributed by atoms with Crippen molar-refractivity contribution in [2.45, 2.75) is 46.0 Å². The van der Waals surface area contributed by atoms with Gasteiger partial charge in [-0.05, 0) is 49.9 Å². The molecule has 1 aromatic rings. The molecule has 1 rings (SSSR count). The summed E-state index contributed by atoms with van der Waals surface area (Å²) in [6.07, 6.45) is 7.71. The Labute approximate surface area is 130 Å². The normalized spacial score (nSPS) is 10.8. The molecule has 0 aromatic heterocycles. The van der Waals surface area contributed by atoms with E-state index in [9.17, 15) is 0 Å². The van der Waals surface area contributed by atoms with E-state index in [4.69, 9.17) is 4.74 Å². The topological polar surface area (TPSA) is 21.3 Å². The smallest absolute Gasteiger partial charge is 0.122 e. The average Bonchev–Trinajstić information content (AvgIpc) is 2.47. The zero-order chi connectivity index (χ0) is 15.3. The first kappa shape index (κ1) is 17.8. The molecule has 0 aliphatic rings. The van der Waals surface area contributed by atoms with Crippen molar-refractivity contribution in [2.75, 3.05) is 19.7 Å². The van der Waals surface area contributed by atoms with Gasteiger partial charge in [0.25, 0.3) is 0 Å². The second-order valence-corrected chi connectivity index (χ2v) is 5.96. The minimum atomic E-state index is 0.744. The predicted molar refractivity (Wildman–Crippen MR) is 92.0 cm³/mol. The van der Waals surface area contributed by atoms with Gasteiger partial charge in [-0.2, -0.15) is 0 Å². The van der Waals surface area contributed by atoms with E-state index in [1.807, 2.05) is 12.1 Å². The second kappa shape index (κ2) is 11.4. The SMILES string of the molecule is C=CCc1ccccc1OCCCCCCNCC(C)C. The van der Waals surface area contributed by atoms with E-state index in [0.717, 1.165) is 44.2 Å². The first-order valence-corrected chi connectivity index (χ1v) is 8.26. The van der Waals surface area contributed by atoms with E-state index in [0.29, 0.717) is 0 Å². The Morgan fingerprint density at radius 3 is 2.67 bits per heavy atom. The fraction of sp³-hybridized carbons (Fsp3) is 0.579. The number of benzene rings is 1. The molecular weight excluding hydrogens is 258 g/mol. The summed E-state index contributed by atoms with van der Waals surface area (Å²) in [6, 6.07) is 8.24. The van der Waals surface area contributed by atoms with Crippen LogP contribution in [0.4, 0.5) is 0 Å². The molecule has 0 unspecified atom stereocenters. The Kier molecular flexibility index (Phi) is 9.64. The van der Waals surface area contributed by atoms with E-state index in [1.165, 1.54) is 24.8 Å². The molecule has 0 spiro atoms. The van der Waals surface area contributed by atoms with Crippen LogP contribution in [0.1, 0.15) is 45.1 Å². The van der Waals surface area contributed by atoms with E-state index in [2.05, 4.69) is 43.9 Å². The van der Waals surface area contributed by atoms with Gasteiger partial charge in [-0.3, -0.25) is 0 Å². The van der Waals surface area contributed by atoms with E-state index >= 15 is 0 Å². The summed E-state index contributed by atoms with van der Waals surface area (Å²) in [7, 11) is 0. The van der Waals surface area contributed by atoms with Gasteiger partial charge >= 0.3 is 0 Å². The van der Waals surface area contributed by atoms with Gasteiger partial charge in [0.1, 0.15) is 5.75 Å². The maximum atomic E-state index is 5.89. The second-order valence-electron chi connectivity index (χ2n) is 5.96. The molecule has 2 heteroatoms. The summed E-state index contributed by atoms with van der Waals surface area (Å²) < 4.78 is 5.89. The van der Waals surface area contributed by atoms with Crippen molar-refractivity contribution in [3.05, 3.63) is 42.5 Å². The molecule has 0 heterocycles. The largest absolute Gasteiger partial charge is 0.493 e. The van der Waals surface area contributed by atoms with Gasteiger partial charge in [-0.15, -0.1) is 6.58 Å². The summed E-state index contributed by atoms with van der Waals surface area (Å²) >= 11 is 0. The molecule has 0 saturated carbocycles. The maximum absolute atomic E-state index is 5.89. The van der Waals surface area contributed by atoms with E-state index in [-0.39, 0.29) is 0 Å². The van der Waals surface area contributed by atoms with Gasteiger partial charge in [-0.1, -0.05) is 51.0 Å². The number of rotatable bonds is 12. The average molecular weight is 289 g/mol. The number of nitrogens with one attached hydrogen (secondary N) is 1. The Morgan fingerprint density at radius 1 is 1.14 bits per heavy atom. The molecule has 2 nitrogen and oxygen atoms in total. The maximum Gasteiger partial charge on any atom is 0.122 e. The van der Waals surface area contributed by atoms with Crippen molar-refractivity contribution >= 4 is 0 Å². The molecule has 0 saturated heterocycles. The molecule has 0 aliphatic heterocycles. The van der Waals surface area contributed by atoms with Crippen molar-refractivity contribution in [3.63, 3.8) is 0 Å². The van der Waals surface area contributed by atoms with E-state index < -0.39 is 0 Å². The van der Waals surface area contributed by atoms with Gasteiger partial charge in [0.2, 0.25) is 0 Å². The van der Waals surface area contributed by atoms with Crippen LogP contribution in [0.25, 0.3) is 0 Å². The third-order valence-corrected chi connectivity index (χ3v) is 3.39. The van der Waals surface area contributed by atoms with E-state index in [1.54, 1.807) is 0 Å². The summed E-state index contributed by atoms with van der Waals surface area (Å²) in [6.45, 7) is 11.4. The zero-order valence-corrected chi connectivity index (χ0v) is 13.7. The quantitative estimate of drug-likeness (QED) is 0.448. The van der Waals surface area contributed by atoms with Crippen molar-refractivity contribution in [2.24, 2.45) is 5.92 Å². The summed E-state index contributed by atoms with van der Waals surface area (Å²) in [5.74, 6) is 1.75. The van der Waals surface area contributed by atoms with Crippen LogP contribution in [0.2, 0.25) is 0 Å². The van der Waals surface area contributed by atoms with Crippen molar-refractivity contribution < 1.29 is 4.74 Å². The Bertz CT molecular complexity index is 387. The van der Waals surface area contributed by atoms with Gasteiger partial charge in [-0.25, -0.2) is 0 Å². The van der Waals surface area contributed by atoms with Crippen LogP contribution in [0.5, 0.6) is 5.75 Å². The van der Waals surface area contributed by atoms with Crippen LogP contribution in [-0.2, 0) is 6.42 Å². The van der Waals surface area contributed by atoms with Gasteiger partial charge in [0.05, 0.1) is 6.61 Å². The highest BCUT2D eigenvalue weighted by Gasteiger charge is 2.00. The highest BCUT2D eigenvalue weighted by atomic mass is 16.5. The summed E-state index contributed by atoms with van der Waals surface area (Å²) in [5.41, 5.74) is 1.23. The molecule has 1 aromatic carbocycles. The third kappa shape index (κ3) is 8.56. The highest BCUT2D eigenvalue weighted by Crippen LogP contribution is 2.19. The molecule has 0 radical (unpaired) electrons. The van der Waals surface area contributed by atoms with Crippen molar-refractivity contribution in [1.82, 2.24) is 5.32 Å². The van der Waals surface area contributed by atoms with Gasteiger partial charge in [0, 0.05) is 0 Å². The van der Waals surface area contributed by atoms with Crippen LogP contribution < -0.4 is 10.1 Å². The molecule has 0 aliphatic carbocycles. The monoisotopic (exact) mass is 289 g/mol. The van der Waals surface area contributed by atoms with Crippen LogP contribution in [-0.4, -0.2) is 19.7 Å². The lowest BCUT2D eigenvalue weighted by Crippen LogP contribution is -2.20. The fourth-order valence-corrected chi connectivity index (χ4v) is 2.25. The molecule has 0 bridgehead atoms. The molecule has 0 atom stereocenters. The lowest BCUT2D eigenvalue weighted by Gasteiger charge is -2.10. The lowest BCUT2D eigenvalue weighted by atomic mass is 10.1. The Hall–Kier alpha value is -1.28. The zero-order valence-electron chi connectivity index (χ0n) is 13.7. The highest BCUT2D eigenvalue weighted by molar-refractivity contribution is 5.34.